The van der Waals surface area contributed by atoms with Gasteiger partial charge in [-0.05, 0) is 19.4 Å². The van der Waals surface area contributed by atoms with Crippen molar-refractivity contribution in [2.45, 2.75) is 13.8 Å². The standard InChI is InChI=1S/C15H21O4P/c1-3-17-20(16,18-4-2)19-14-10-6-9-13-15-11-7-5-8-12-15/h5-13H,3-4,14H2,1-2H3/b10-6+,13-9+. The molecule has 20 heavy (non-hydrogen) atoms. The molecule has 0 bridgehead atoms. The van der Waals surface area contributed by atoms with Gasteiger partial charge in [0, 0.05) is 0 Å². The highest BCUT2D eigenvalue weighted by molar-refractivity contribution is 7.48. The second-order valence-electron chi connectivity index (χ2n) is 3.78. The number of phosphoric ester groups is 1. The zero-order chi connectivity index (χ0) is 14.7. The highest BCUT2D eigenvalue weighted by Crippen LogP contribution is 2.48. The third kappa shape index (κ3) is 6.83. The molecule has 0 saturated carbocycles. The predicted molar refractivity (Wildman–Crippen MR) is 81.4 cm³/mol. The minimum absolute atomic E-state index is 0.177. The van der Waals surface area contributed by atoms with Crippen molar-refractivity contribution < 1.29 is 18.1 Å². The third-order valence-electron chi connectivity index (χ3n) is 2.24. The molecule has 0 fully saturated rings. The molecule has 0 aliphatic rings. The molecule has 0 aliphatic heterocycles. The van der Waals surface area contributed by atoms with Crippen LogP contribution in [0.3, 0.4) is 0 Å². The summed E-state index contributed by atoms with van der Waals surface area (Å²) in [5.74, 6) is 0. The summed E-state index contributed by atoms with van der Waals surface area (Å²) in [7, 11) is -3.40. The molecule has 0 N–H and O–H groups in total. The predicted octanol–water partition coefficient (Wildman–Crippen LogP) is 4.45. The van der Waals surface area contributed by atoms with Crippen LogP contribution in [0.5, 0.6) is 0 Å². The van der Waals surface area contributed by atoms with Crippen molar-refractivity contribution in [3.05, 3.63) is 54.1 Å². The molecule has 0 heterocycles. The molecular weight excluding hydrogens is 275 g/mol. The van der Waals surface area contributed by atoms with E-state index in [1.807, 2.05) is 48.6 Å². The van der Waals surface area contributed by atoms with E-state index in [2.05, 4.69) is 0 Å². The number of phosphoric acid groups is 1. The monoisotopic (exact) mass is 296 g/mol. The van der Waals surface area contributed by atoms with Crippen molar-refractivity contribution in [2.24, 2.45) is 0 Å². The van der Waals surface area contributed by atoms with Crippen LogP contribution in [0.4, 0.5) is 0 Å². The SMILES string of the molecule is CCOP(=O)(OCC)OC/C=C/C=C/c1ccccc1. The Morgan fingerprint density at radius 2 is 1.65 bits per heavy atom. The van der Waals surface area contributed by atoms with Gasteiger partial charge in [-0.3, -0.25) is 13.6 Å². The quantitative estimate of drug-likeness (QED) is 0.498. The fraction of sp³-hybridized carbons (Fsp3) is 0.333. The maximum atomic E-state index is 11.9. The van der Waals surface area contributed by atoms with E-state index in [0.717, 1.165) is 5.56 Å². The molecule has 0 amide bonds. The molecule has 0 aliphatic carbocycles. The van der Waals surface area contributed by atoms with E-state index in [4.69, 9.17) is 13.6 Å². The van der Waals surface area contributed by atoms with E-state index in [9.17, 15) is 4.57 Å². The Hall–Kier alpha value is -1.19. The summed E-state index contributed by atoms with van der Waals surface area (Å²) in [5.41, 5.74) is 1.12. The first-order chi connectivity index (χ1) is 9.70. The molecule has 0 spiro atoms. The average molecular weight is 296 g/mol. The van der Waals surface area contributed by atoms with Gasteiger partial charge in [-0.15, -0.1) is 0 Å². The minimum Gasteiger partial charge on any atom is -0.287 e. The van der Waals surface area contributed by atoms with Gasteiger partial charge >= 0.3 is 7.82 Å². The summed E-state index contributed by atoms with van der Waals surface area (Å²) in [6, 6.07) is 9.96. The van der Waals surface area contributed by atoms with Crippen LogP contribution in [0.15, 0.2) is 48.6 Å². The van der Waals surface area contributed by atoms with Crippen LogP contribution in [0, 0.1) is 0 Å². The number of hydrogen-bond acceptors (Lipinski definition) is 4. The molecule has 0 aromatic heterocycles. The third-order valence-corrected chi connectivity index (χ3v) is 3.85. The molecule has 1 aromatic carbocycles. The maximum absolute atomic E-state index is 11.9. The van der Waals surface area contributed by atoms with Gasteiger partial charge in [0.25, 0.3) is 0 Å². The van der Waals surface area contributed by atoms with Crippen molar-refractivity contribution in [1.82, 2.24) is 0 Å². The molecule has 0 radical (unpaired) electrons. The van der Waals surface area contributed by atoms with Crippen molar-refractivity contribution in [2.75, 3.05) is 19.8 Å². The molecule has 1 rings (SSSR count). The van der Waals surface area contributed by atoms with E-state index >= 15 is 0 Å². The topological polar surface area (TPSA) is 44.8 Å². The summed E-state index contributed by atoms with van der Waals surface area (Å²) >= 11 is 0. The van der Waals surface area contributed by atoms with Gasteiger partial charge in [0.1, 0.15) is 0 Å². The minimum atomic E-state index is -3.40. The van der Waals surface area contributed by atoms with Crippen molar-refractivity contribution >= 4 is 13.9 Å². The Morgan fingerprint density at radius 3 is 2.25 bits per heavy atom. The van der Waals surface area contributed by atoms with Crippen molar-refractivity contribution in [3.8, 4) is 0 Å². The summed E-state index contributed by atoms with van der Waals surface area (Å²) in [5, 5.41) is 0. The Balaban J connectivity index is 2.37. The molecule has 0 unspecified atom stereocenters. The molecule has 4 nitrogen and oxygen atoms in total. The van der Waals surface area contributed by atoms with Crippen molar-refractivity contribution in [1.29, 1.82) is 0 Å². The number of rotatable bonds is 9. The average Bonchev–Trinajstić information content (AvgIpc) is 2.44. The summed E-state index contributed by atoms with van der Waals surface area (Å²) in [6.45, 7) is 4.24. The highest BCUT2D eigenvalue weighted by Gasteiger charge is 2.24. The van der Waals surface area contributed by atoms with E-state index < -0.39 is 7.82 Å². The van der Waals surface area contributed by atoms with Gasteiger partial charge in [-0.1, -0.05) is 54.6 Å². The lowest BCUT2D eigenvalue weighted by Gasteiger charge is -2.14. The first kappa shape index (κ1) is 16.9. The van der Waals surface area contributed by atoms with Crippen LogP contribution in [0.1, 0.15) is 19.4 Å². The molecule has 1 aromatic rings. The Labute approximate surface area is 120 Å². The van der Waals surface area contributed by atoms with Gasteiger partial charge in [-0.25, -0.2) is 4.57 Å². The second-order valence-corrected chi connectivity index (χ2v) is 5.45. The van der Waals surface area contributed by atoms with Crippen molar-refractivity contribution in [3.63, 3.8) is 0 Å². The van der Waals surface area contributed by atoms with Gasteiger partial charge in [0.05, 0.1) is 19.8 Å². The fourth-order valence-electron chi connectivity index (χ4n) is 1.43. The Kier molecular flexibility index (Phi) is 8.16. The lowest BCUT2D eigenvalue weighted by Crippen LogP contribution is -2.00. The van der Waals surface area contributed by atoms with Gasteiger partial charge < -0.3 is 0 Å². The van der Waals surface area contributed by atoms with E-state index in [0.29, 0.717) is 0 Å². The van der Waals surface area contributed by atoms with E-state index in [1.165, 1.54) is 0 Å². The Morgan fingerprint density at radius 1 is 1.00 bits per heavy atom. The zero-order valence-corrected chi connectivity index (χ0v) is 12.8. The zero-order valence-electron chi connectivity index (χ0n) is 11.9. The van der Waals surface area contributed by atoms with Crippen LogP contribution in [-0.4, -0.2) is 19.8 Å². The number of benzene rings is 1. The number of hydrogen-bond donors (Lipinski definition) is 0. The fourth-order valence-corrected chi connectivity index (χ4v) is 2.55. The van der Waals surface area contributed by atoms with Crippen LogP contribution >= 0.6 is 7.82 Å². The maximum Gasteiger partial charge on any atom is 0.475 e. The second kappa shape index (κ2) is 9.67. The molecule has 0 atom stereocenters. The molecule has 0 saturated heterocycles. The molecule has 110 valence electrons. The highest BCUT2D eigenvalue weighted by atomic mass is 31.2. The van der Waals surface area contributed by atoms with Crippen LogP contribution in [-0.2, 0) is 18.1 Å². The van der Waals surface area contributed by atoms with Crippen LogP contribution < -0.4 is 0 Å². The van der Waals surface area contributed by atoms with Gasteiger partial charge in [-0.2, -0.15) is 0 Å². The summed E-state index contributed by atoms with van der Waals surface area (Å²) < 4.78 is 27.1. The smallest absolute Gasteiger partial charge is 0.287 e. The lowest BCUT2D eigenvalue weighted by molar-refractivity contribution is 0.131. The summed E-state index contributed by atoms with van der Waals surface area (Å²) in [6.07, 6.45) is 7.45. The Bertz CT molecular complexity index is 458. The van der Waals surface area contributed by atoms with Crippen LogP contribution in [0.2, 0.25) is 0 Å². The first-order valence-corrected chi connectivity index (χ1v) is 8.08. The van der Waals surface area contributed by atoms with E-state index in [-0.39, 0.29) is 19.8 Å². The lowest BCUT2D eigenvalue weighted by atomic mass is 10.2. The molecule has 5 heteroatoms. The van der Waals surface area contributed by atoms with E-state index in [1.54, 1.807) is 19.9 Å². The normalized spacial score (nSPS) is 12.5. The largest absolute Gasteiger partial charge is 0.475 e. The van der Waals surface area contributed by atoms with Crippen LogP contribution in [0.25, 0.3) is 6.08 Å². The molecular formula is C15H21O4P. The van der Waals surface area contributed by atoms with Gasteiger partial charge in [0.15, 0.2) is 0 Å². The number of allylic oxidation sites excluding steroid dienone is 2. The first-order valence-electron chi connectivity index (χ1n) is 6.62. The van der Waals surface area contributed by atoms with Gasteiger partial charge in [0.2, 0.25) is 0 Å². The summed E-state index contributed by atoms with van der Waals surface area (Å²) in [4.78, 5) is 0.